The van der Waals surface area contributed by atoms with E-state index in [-0.39, 0.29) is 5.69 Å². The summed E-state index contributed by atoms with van der Waals surface area (Å²) in [5.74, 6) is -0.539. The lowest BCUT2D eigenvalue weighted by Gasteiger charge is -2.07. The van der Waals surface area contributed by atoms with E-state index in [4.69, 9.17) is 4.74 Å². The van der Waals surface area contributed by atoms with E-state index in [0.29, 0.717) is 11.4 Å². The number of carbonyl (C=O) groups excluding carboxylic acids is 1. The highest BCUT2D eigenvalue weighted by molar-refractivity contribution is 5.86. The number of aromatic carboxylic acids is 1. The van der Waals surface area contributed by atoms with Gasteiger partial charge in [0.1, 0.15) is 5.75 Å². The predicted octanol–water partition coefficient (Wildman–Crippen LogP) is 1.91. The molecule has 0 saturated heterocycles. The van der Waals surface area contributed by atoms with Crippen LogP contribution in [0.4, 0.5) is 0 Å². The van der Waals surface area contributed by atoms with Gasteiger partial charge in [-0.05, 0) is 42.5 Å². The molecule has 0 aliphatic rings. The summed E-state index contributed by atoms with van der Waals surface area (Å²) in [5.41, 5.74) is 2.04. The summed E-state index contributed by atoms with van der Waals surface area (Å²) in [6.45, 7) is 0. The zero-order valence-corrected chi connectivity index (χ0v) is 11.9. The van der Waals surface area contributed by atoms with E-state index in [9.17, 15) is 9.90 Å². The van der Waals surface area contributed by atoms with Gasteiger partial charge >= 0.3 is 0 Å². The Labute approximate surface area is 127 Å². The fourth-order valence-corrected chi connectivity index (χ4v) is 2.20. The molecule has 0 unspecified atom stereocenters. The quantitative estimate of drug-likeness (QED) is 0.737. The monoisotopic (exact) mass is 293 g/mol. The van der Waals surface area contributed by atoms with Crippen molar-refractivity contribution in [3.63, 3.8) is 0 Å². The van der Waals surface area contributed by atoms with Crippen molar-refractivity contribution in [3.05, 3.63) is 66.4 Å². The molecule has 0 fully saturated rings. The van der Waals surface area contributed by atoms with Gasteiger partial charge in [0.25, 0.3) is 0 Å². The molecule has 0 atom stereocenters. The first-order chi connectivity index (χ1) is 10.7. The molecule has 0 spiro atoms. The number of hydrogen-bond acceptors (Lipinski definition) is 4. The Morgan fingerprint density at radius 2 is 1.77 bits per heavy atom. The lowest BCUT2D eigenvalue weighted by molar-refractivity contribution is -0.255. The Hall–Kier alpha value is -3.08. The van der Waals surface area contributed by atoms with Crippen molar-refractivity contribution in [1.82, 2.24) is 9.78 Å². The molecule has 0 aliphatic heterocycles. The summed E-state index contributed by atoms with van der Waals surface area (Å²) in [4.78, 5) is 11.3. The molecule has 0 radical (unpaired) electrons. The SMILES string of the molecule is COc1ccc(-c2cc(C(=O)[O-])n(-c3ccccc3)n2)cc1. The van der Waals surface area contributed by atoms with Crippen LogP contribution in [0.1, 0.15) is 10.5 Å². The van der Waals surface area contributed by atoms with E-state index in [2.05, 4.69) is 5.10 Å². The number of carboxylic acids is 1. The van der Waals surface area contributed by atoms with Crippen LogP contribution in [0, 0.1) is 0 Å². The topological polar surface area (TPSA) is 67.2 Å². The van der Waals surface area contributed by atoms with Crippen molar-refractivity contribution in [2.24, 2.45) is 0 Å². The summed E-state index contributed by atoms with van der Waals surface area (Å²) in [6.07, 6.45) is 0. The molecule has 110 valence electrons. The van der Waals surface area contributed by atoms with Crippen molar-refractivity contribution in [1.29, 1.82) is 0 Å². The molecule has 0 bridgehead atoms. The fourth-order valence-electron chi connectivity index (χ4n) is 2.20. The molecular formula is C17H13N2O3-. The number of carboxylic acid groups (broad SMARTS) is 1. The van der Waals surface area contributed by atoms with Crippen LogP contribution in [0.2, 0.25) is 0 Å². The van der Waals surface area contributed by atoms with Gasteiger partial charge in [0.05, 0.1) is 30.2 Å². The molecule has 2 aromatic carbocycles. The first kappa shape index (κ1) is 13.9. The van der Waals surface area contributed by atoms with Gasteiger partial charge in [0.2, 0.25) is 0 Å². The molecule has 22 heavy (non-hydrogen) atoms. The van der Waals surface area contributed by atoms with E-state index >= 15 is 0 Å². The minimum atomic E-state index is -1.27. The molecular weight excluding hydrogens is 280 g/mol. The van der Waals surface area contributed by atoms with Crippen molar-refractivity contribution >= 4 is 5.97 Å². The molecule has 5 nitrogen and oxygen atoms in total. The Kier molecular flexibility index (Phi) is 3.62. The smallest absolute Gasteiger partial charge is 0.118 e. The largest absolute Gasteiger partial charge is 0.543 e. The average Bonchev–Trinajstić information content (AvgIpc) is 3.01. The van der Waals surface area contributed by atoms with Crippen LogP contribution in [0.5, 0.6) is 5.75 Å². The fraction of sp³-hybridized carbons (Fsp3) is 0.0588. The van der Waals surface area contributed by atoms with Crippen LogP contribution in [0.3, 0.4) is 0 Å². The maximum absolute atomic E-state index is 11.3. The third-order valence-electron chi connectivity index (χ3n) is 3.31. The lowest BCUT2D eigenvalue weighted by atomic mass is 10.1. The standard InChI is InChI=1S/C17H14N2O3/c1-22-14-9-7-12(8-10-14)15-11-16(17(20)21)19(18-15)13-5-3-2-4-6-13/h2-11H,1H3,(H,20,21)/p-1. The predicted molar refractivity (Wildman–Crippen MR) is 79.9 cm³/mol. The number of para-hydroxylation sites is 1. The molecule has 1 aromatic heterocycles. The molecule has 0 aliphatic carbocycles. The molecule has 0 saturated carbocycles. The minimum Gasteiger partial charge on any atom is -0.543 e. The van der Waals surface area contributed by atoms with E-state index in [0.717, 1.165) is 11.3 Å². The van der Waals surface area contributed by atoms with Gasteiger partial charge in [-0.3, -0.25) is 0 Å². The van der Waals surface area contributed by atoms with Gasteiger partial charge in [-0.2, -0.15) is 5.10 Å². The lowest BCUT2D eigenvalue weighted by Crippen LogP contribution is -2.25. The summed E-state index contributed by atoms with van der Waals surface area (Å²) in [6, 6.07) is 17.8. The third-order valence-corrected chi connectivity index (χ3v) is 3.31. The van der Waals surface area contributed by atoms with E-state index in [1.54, 1.807) is 31.4 Å². The van der Waals surface area contributed by atoms with E-state index in [1.807, 2.05) is 30.3 Å². The molecule has 1 heterocycles. The van der Waals surface area contributed by atoms with Crippen LogP contribution >= 0.6 is 0 Å². The van der Waals surface area contributed by atoms with Crippen molar-refractivity contribution < 1.29 is 14.6 Å². The number of hydrogen-bond donors (Lipinski definition) is 0. The zero-order chi connectivity index (χ0) is 15.5. The third kappa shape index (κ3) is 2.56. The van der Waals surface area contributed by atoms with Gasteiger partial charge in [-0.1, -0.05) is 18.2 Å². The van der Waals surface area contributed by atoms with Gasteiger partial charge in [0.15, 0.2) is 0 Å². The second-order valence-electron chi connectivity index (χ2n) is 4.68. The van der Waals surface area contributed by atoms with Crippen molar-refractivity contribution in [2.45, 2.75) is 0 Å². The van der Waals surface area contributed by atoms with Crippen molar-refractivity contribution in [2.75, 3.05) is 7.11 Å². The molecule has 0 N–H and O–H groups in total. The van der Waals surface area contributed by atoms with Gasteiger partial charge in [-0.15, -0.1) is 0 Å². The first-order valence-corrected chi connectivity index (χ1v) is 6.70. The summed E-state index contributed by atoms with van der Waals surface area (Å²) in [5, 5.41) is 15.7. The van der Waals surface area contributed by atoms with Gasteiger partial charge < -0.3 is 14.6 Å². The van der Waals surface area contributed by atoms with Crippen molar-refractivity contribution in [3.8, 4) is 22.7 Å². The first-order valence-electron chi connectivity index (χ1n) is 6.70. The molecule has 0 amide bonds. The number of ether oxygens (including phenoxy) is 1. The highest BCUT2D eigenvalue weighted by Crippen LogP contribution is 2.23. The van der Waals surface area contributed by atoms with Gasteiger partial charge in [-0.25, -0.2) is 4.68 Å². The maximum Gasteiger partial charge on any atom is 0.118 e. The van der Waals surface area contributed by atoms with Gasteiger partial charge in [0, 0.05) is 5.56 Å². The molecule has 5 heteroatoms. The maximum atomic E-state index is 11.3. The van der Waals surface area contributed by atoms with Crippen LogP contribution < -0.4 is 9.84 Å². The van der Waals surface area contributed by atoms with Crippen LogP contribution in [-0.2, 0) is 0 Å². The number of benzene rings is 2. The number of carbonyl (C=O) groups is 1. The zero-order valence-electron chi connectivity index (χ0n) is 11.9. The highest BCUT2D eigenvalue weighted by atomic mass is 16.5. The Bertz CT molecular complexity index is 793. The second kappa shape index (κ2) is 5.73. The number of nitrogens with zero attached hydrogens (tertiary/aromatic N) is 2. The summed E-state index contributed by atoms with van der Waals surface area (Å²) < 4.78 is 6.48. The Morgan fingerprint density at radius 1 is 1.09 bits per heavy atom. The highest BCUT2D eigenvalue weighted by Gasteiger charge is 2.12. The number of aromatic nitrogens is 2. The minimum absolute atomic E-state index is 0.0111. The second-order valence-corrected chi connectivity index (χ2v) is 4.68. The van der Waals surface area contributed by atoms with E-state index in [1.165, 1.54) is 10.7 Å². The Balaban J connectivity index is 2.08. The molecule has 3 aromatic rings. The molecule has 3 rings (SSSR count). The summed E-state index contributed by atoms with van der Waals surface area (Å²) in [7, 11) is 1.59. The van der Waals surface area contributed by atoms with Crippen LogP contribution in [0.25, 0.3) is 16.9 Å². The normalized spacial score (nSPS) is 10.4. The van der Waals surface area contributed by atoms with Crippen LogP contribution in [-0.4, -0.2) is 22.9 Å². The van der Waals surface area contributed by atoms with Crippen LogP contribution in [0.15, 0.2) is 60.7 Å². The summed E-state index contributed by atoms with van der Waals surface area (Å²) >= 11 is 0. The number of methoxy groups -OCH3 is 1. The number of rotatable bonds is 4. The van der Waals surface area contributed by atoms with E-state index < -0.39 is 5.97 Å². The average molecular weight is 293 g/mol. The Morgan fingerprint density at radius 3 is 2.36 bits per heavy atom.